The molecule has 0 aliphatic carbocycles. The first kappa shape index (κ1) is 21.1. The first-order valence-corrected chi connectivity index (χ1v) is 12.1. The van der Waals surface area contributed by atoms with Crippen LogP contribution in [0.1, 0.15) is 28.8 Å². The van der Waals surface area contributed by atoms with Gasteiger partial charge in [0.25, 0.3) is 5.91 Å². The molecule has 2 saturated heterocycles. The number of amides is 2. The summed E-state index contributed by atoms with van der Waals surface area (Å²) < 4.78 is 5.57. The number of ether oxygens (including phenoxy) is 1. The van der Waals surface area contributed by atoms with Gasteiger partial charge in [0.1, 0.15) is 18.7 Å². The third-order valence-corrected chi connectivity index (χ3v) is 7.20. The largest absolute Gasteiger partial charge is 0.368 e. The second kappa shape index (κ2) is 9.76. The van der Waals surface area contributed by atoms with Gasteiger partial charge in [-0.05, 0) is 29.9 Å². The van der Waals surface area contributed by atoms with Crippen molar-refractivity contribution in [1.29, 1.82) is 0 Å². The van der Waals surface area contributed by atoms with Gasteiger partial charge in [0.15, 0.2) is 5.78 Å². The number of likely N-dealkylation sites (tertiary alicyclic amines) is 1. The molecule has 3 atom stereocenters. The van der Waals surface area contributed by atoms with Crippen LogP contribution >= 0.6 is 23.1 Å². The van der Waals surface area contributed by atoms with Gasteiger partial charge in [0.05, 0.1) is 11.7 Å². The second-order valence-electron chi connectivity index (χ2n) is 7.47. The first-order valence-electron chi connectivity index (χ1n) is 10.0. The molecule has 2 amide bonds. The molecule has 4 rings (SSSR count). The van der Waals surface area contributed by atoms with Crippen LogP contribution in [0.5, 0.6) is 0 Å². The number of benzene rings is 1. The van der Waals surface area contributed by atoms with Crippen LogP contribution in [0.2, 0.25) is 0 Å². The predicted molar refractivity (Wildman–Crippen MR) is 118 cm³/mol. The van der Waals surface area contributed by atoms with Crippen molar-refractivity contribution in [2.24, 2.45) is 0 Å². The number of ketones is 1. The lowest BCUT2D eigenvalue weighted by Gasteiger charge is -2.37. The van der Waals surface area contributed by atoms with Crippen molar-refractivity contribution in [3.63, 3.8) is 0 Å². The Morgan fingerprint density at radius 3 is 2.87 bits per heavy atom. The molecule has 0 bridgehead atoms. The van der Waals surface area contributed by atoms with Gasteiger partial charge in [-0.15, -0.1) is 0 Å². The smallest absolute Gasteiger partial charge is 0.252 e. The lowest BCUT2D eigenvalue weighted by Crippen LogP contribution is -2.58. The number of nitrogens with one attached hydrogen (secondary N) is 1. The van der Waals surface area contributed by atoms with E-state index in [9.17, 15) is 14.4 Å². The molecule has 2 aliphatic rings. The molecule has 1 aromatic heterocycles. The van der Waals surface area contributed by atoms with Crippen LogP contribution in [0.3, 0.4) is 0 Å². The summed E-state index contributed by atoms with van der Waals surface area (Å²) >= 11 is 3.03. The summed E-state index contributed by atoms with van der Waals surface area (Å²) in [6.07, 6.45) is 1.36. The monoisotopic (exact) mass is 444 g/mol. The van der Waals surface area contributed by atoms with Crippen molar-refractivity contribution in [2.45, 2.75) is 36.8 Å². The molecule has 0 unspecified atom stereocenters. The number of thioether (sulfide) groups is 1. The molecular weight excluding hydrogens is 420 g/mol. The number of hydrogen-bond acceptors (Lipinski definition) is 6. The van der Waals surface area contributed by atoms with E-state index in [0.717, 1.165) is 24.2 Å². The van der Waals surface area contributed by atoms with Crippen LogP contribution in [0.25, 0.3) is 0 Å². The van der Waals surface area contributed by atoms with Crippen LogP contribution in [-0.4, -0.2) is 59.6 Å². The Morgan fingerprint density at radius 2 is 2.10 bits per heavy atom. The molecule has 0 radical (unpaired) electrons. The summed E-state index contributed by atoms with van der Waals surface area (Å²) in [6, 6.07) is 10.5. The molecule has 1 aromatic carbocycles. The number of hydrogen-bond donors (Lipinski definition) is 1. The topological polar surface area (TPSA) is 75.7 Å². The minimum Gasteiger partial charge on any atom is -0.368 e. The Kier molecular flexibility index (Phi) is 6.86. The molecule has 2 aliphatic heterocycles. The normalized spacial score (nSPS) is 21.9. The molecule has 8 heteroatoms. The van der Waals surface area contributed by atoms with E-state index in [-0.39, 0.29) is 30.3 Å². The molecule has 3 heterocycles. The van der Waals surface area contributed by atoms with Gasteiger partial charge in [-0.2, -0.15) is 23.1 Å². The van der Waals surface area contributed by atoms with Gasteiger partial charge in [-0.25, -0.2) is 0 Å². The second-order valence-corrected chi connectivity index (χ2v) is 9.28. The summed E-state index contributed by atoms with van der Waals surface area (Å²) in [5.41, 5.74) is 1.71. The highest BCUT2D eigenvalue weighted by Gasteiger charge is 2.45. The zero-order chi connectivity index (χ0) is 20.9. The van der Waals surface area contributed by atoms with Crippen LogP contribution in [0.4, 0.5) is 0 Å². The van der Waals surface area contributed by atoms with Crippen LogP contribution in [-0.2, 0) is 20.1 Å². The Bertz CT molecular complexity index is 888. The van der Waals surface area contributed by atoms with Gasteiger partial charge < -0.3 is 15.0 Å². The van der Waals surface area contributed by atoms with E-state index in [2.05, 4.69) is 5.32 Å². The van der Waals surface area contributed by atoms with Crippen molar-refractivity contribution in [1.82, 2.24) is 10.2 Å². The maximum Gasteiger partial charge on any atom is 0.252 e. The van der Waals surface area contributed by atoms with Crippen LogP contribution < -0.4 is 5.32 Å². The minimum absolute atomic E-state index is 0.0482. The van der Waals surface area contributed by atoms with Crippen LogP contribution in [0.15, 0.2) is 47.2 Å². The highest BCUT2D eigenvalue weighted by Crippen LogP contribution is 2.27. The average Bonchev–Trinajstić information content (AvgIpc) is 3.44. The van der Waals surface area contributed by atoms with Crippen molar-refractivity contribution < 1.29 is 19.1 Å². The van der Waals surface area contributed by atoms with Crippen molar-refractivity contribution in [2.75, 3.05) is 18.9 Å². The van der Waals surface area contributed by atoms with E-state index in [0.29, 0.717) is 17.9 Å². The van der Waals surface area contributed by atoms with Crippen molar-refractivity contribution >= 4 is 40.7 Å². The van der Waals surface area contributed by atoms with E-state index in [1.54, 1.807) is 28.1 Å². The van der Waals surface area contributed by atoms with Gasteiger partial charge in [0, 0.05) is 23.4 Å². The van der Waals surface area contributed by atoms with E-state index in [1.165, 1.54) is 11.3 Å². The Morgan fingerprint density at radius 1 is 1.27 bits per heavy atom. The third-order valence-electron chi connectivity index (χ3n) is 5.41. The zero-order valence-corrected chi connectivity index (χ0v) is 18.1. The average molecular weight is 445 g/mol. The first-order chi connectivity index (χ1) is 14.6. The number of nitrogens with zero attached hydrogens (tertiary/aromatic N) is 1. The molecule has 0 spiro atoms. The summed E-state index contributed by atoms with van der Waals surface area (Å²) in [6.45, 7) is 0.580. The Balaban J connectivity index is 1.47. The highest BCUT2D eigenvalue weighted by atomic mass is 32.2. The van der Waals surface area contributed by atoms with Crippen LogP contribution in [0, 0.1) is 0 Å². The third kappa shape index (κ3) is 4.77. The molecule has 158 valence electrons. The number of thiophene rings is 1. The summed E-state index contributed by atoms with van der Waals surface area (Å²) in [4.78, 5) is 40.1. The quantitative estimate of drug-likeness (QED) is 0.711. The summed E-state index contributed by atoms with van der Waals surface area (Å²) in [7, 11) is 0. The molecule has 1 N–H and O–H groups in total. The van der Waals surface area contributed by atoms with Crippen molar-refractivity contribution in [3.05, 3.63) is 58.3 Å². The Hall–Kier alpha value is -2.16. The number of Topliss-reactive ketones (excluding diaryl/α,β-unsaturated/α-hetero) is 1. The molecule has 30 heavy (non-hydrogen) atoms. The van der Waals surface area contributed by atoms with Gasteiger partial charge in [-0.3, -0.25) is 14.4 Å². The number of rotatable bonds is 7. The standard InChI is InChI=1S/C22H24N2O4S2/c25-18-11-28-19-7-4-9-24(20(18)19)22(27)17(23-21(26)16-8-10-29-13-16)14-30-12-15-5-2-1-3-6-15/h1-3,5-6,8,10,13,17,19-20H,4,7,9,11-12,14H2,(H,23,26)/t17-,19-,20-/m0/s1. The zero-order valence-electron chi connectivity index (χ0n) is 16.5. The molecule has 6 nitrogen and oxygen atoms in total. The summed E-state index contributed by atoms with van der Waals surface area (Å²) in [5.74, 6) is 0.664. The fourth-order valence-corrected chi connectivity index (χ4v) is 5.56. The van der Waals surface area contributed by atoms with Crippen molar-refractivity contribution in [3.8, 4) is 0 Å². The lowest BCUT2D eigenvalue weighted by molar-refractivity contribution is -0.141. The number of fused-ring (bicyclic) bond motifs is 1. The maximum atomic E-state index is 13.4. The number of carbonyl (C=O) groups excluding carboxylic acids is 3. The fourth-order valence-electron chi connectivity index (χ4n) is 3.92. The van der Waals surface area contributed by atoms with Gasteiger partial charge in [-0.1, -0.05) is 30.3 Å². The Labute approximate surface area is 184 Å². The lowest BCUT2D eigenvalue weighted by atomic mass is 9.97. The minimum atomic E-state index is -0.696. The number of piperidine rings is 1. The maximum absolute atomic E-state index is 13.4. The van der Waals surface area contributed by atoms with E-state index >= 15 is 0 Å². The van der Waals surface area contributed by atoms with E-state index < -0.39 is 12.1 Å². The molecule has 0 saturated carbocycles. The highest BCUT2D eigenvalue weighted by molar-refractivity contribution is 7.98. The van der Waals surface area contributed by atoms with E-state index in [4.69, 9.17) is 4.74 Å². The fraction of sp³-hybridized carbons (Fsp3) is 0.409. The van der Waals surface area contributed by atoms with E-state index in [1.807, 2.05) is 35.7 Å². The number of carbonyl (C=O) groups is 3. The molecule has 2 fully saturated rings. The predicted octanol–water partition coefficient (Wildman–Crippen LogP) is 2.74. The van der Waals surface area contributed by atoms with Gasteiger partial charge >= 0.3 is 0 Å². The molecule has 2 aromatic rings. The SMILES string of the molecule is O=C(N[C@@H](CSCc1ccccc1)C(=O)N1CCC[C@@H]2OCC(=O)[C@@H]21)c1ccsc1. The summed E-state index contributed by atoms with van der Waals surface area (Å²) in [5, 5.41) is 6.50. The van der Waals surface area contributed by atoms with Gasteiger partial charge in [0.2, 0.25) is 5.91 Å². The molecular formula is C22H24N2O4S2.